The molecule has 0 amide bonds. The fourth-order valence-corrected chi connectivity index (χ4v) is 10.1. The summed E-state index contributed by atoms with van der Waals surface area (Å²) in [4.78, 5) is 10.8. The van der Waals surface area contributed by atoms with Crippen molar-refractivity contribution in [3.05, 3.63) is 229 Å². The Morgan fingerprint density at radius 2 is 0.917 bits per heavy atom. The molecular formula is C58H38N2. The summed E-state index contributed by atoms with van der Waals surface area (Å²) in [5.41, 5.74) is 13.5. The SMILES string of the molecule is CC1(c2ccccc2)c2ccccc2-c2c(-c3cc(-c4ccc(-c5c6ccccc6cc6c5ccc5ccccc56)c5ccccc45)nc(-c4ccccc4)n3)cccc21. The van der Waals surface area contributed by atoms with E-state index >= 15 is 0 Å². The zero-order valence-electron chi connectivity index (χ0n) is 33.1. The minimum Gasteiger partial charge on any atom is -0.228 e. The first kappa shape index (κ1) is 34.4. The summed E-state index contributed by atoms with van der Waals surface area (Å²) in [5.74, 6) is 0.706. The molecule has 12 rings (SSSR count). The minimum absolute atomic E-state index is 0.314. The molecule has 1 unspecified atom stereocenters. The summed E-state index contributed by atoms with van der Waals surface area (Å²) in [7, 11) is 0. The summed E-state index contributed by atoms with van der Waals surface area (Å²) < 4.78 is 0. The highest BCUT2D eigenvalue weighted by Crippen LogP contribution is 2.55. The Balaban J connectivity index is 1.11. The van der Waals surface area contributed by atoms with E-state index in [1.165, 1.54) is 76.6 Å². The van der Waals surface area contributed by atoms with Crippen LogP contribution in [0.25, 0.3) is 99.2 Å². The summed E-state index contributed by atoms with van der Waals surface area (Å²) in [5, 5.41) is 9.86. The van der Waals surface area contributed by atoms with Crippen LogP contribution in [0.3, 0.4) is 0 Å². The van der Waals surface area contributed by atoms with Crippen LogP contribution in [0.1, 0.15) is 23.6 Å². The second kappa shape index (κ2) is 13.4. The fraction of sp³-hybridized carbons (Fsp3) is 0.0345. The van der Waals surface area contributed by atoms with Gasteiger partial charge in [-0.25, -0.2) is 9.97 Å². The van der Waals surface area contributed by atoms with Crippen LogP contribution in [-0.2, 0) is 5.41 Å². The molecular weight excluding hydrogens is 725 g/mol. The maximum Gasteiger partial charge on any atom is 0.160 e. The number of hydrogen-bond acceptors (Lipinski definition) is 2. The molecule has 1 heterocycles. The van der Waals surface area contributed by atoms with Crippen LogP contribution in [0.2, 0.25) is 0 Å². The maximum absolute atomic E-state index is 5.40. The van der Waals surface area contributed by atoms with Gasteiger partial charge in [-0.2, -0.15) is 0 Å². The Bertz CT molecular complexity index is 3500. The molecule has 11 aromatic rings. The average molecular weight is 763 g/mol. The van der Waals surface area contributed by atoms with Crippen LogP contribution < -0.4 is 0 Å². The van der Waals surface area contributed by atoms with Crippen LogP contribution in [0.5, 0.6) is 0 Å². The van der Waals surface area contributed by atoms with Crippen molar-refractivity contribution in [3.63, 3.8) is 0 Å². The third-order valence-electron chi connectivity index (χ3n) is 13.0. The van der Waals surface area contributed by atoms with Crippen LogP contribution in [0, 0.1) is 0 Å². The molecule has 280 valence electrons. The van der Waals surface area contributed by atoms with Crippen molar-refractivity contribution in [2.24, 2.45) is 0 Å². The highest BCUT2D eigenvalue weighted by Gasteiger charge is 2.41. The summed E-state index contributed by atoms with van der Waals surface area (Å²) in [6.07, 6.45) is 0. The predicted molar refractivity (Wildman–Crippen MR) is 251 cm³/mol. The molecule has 0 saturated carbocycles. The third-order valence-corrected chi connectivity index (χ3v) is 13.0. The fourth-order valence-electron chi connectivity index (χ4n) is 10.1. The Kier molecular flexibility index (Phi) is 7.70. The van der Waals surface area contributed by atoms with Crippen molar-refractivity contribution in [2.75, 3.05) is 0 Å². The highest BCUT2D eigenvalue weighted by molar-refractivity contribution is 6.23. The first-order chi connectivity index (χ1) is 29.6. The predicted octanol–water partition coefficient (Wildman–Crippen LogP) is 15.1. The molecule has 0 radical (unpaired) electrons. The number of hydrogen-bond donors (Lipinski definition) is 0. The first-order valence-electron chi connectivity index (χ1n) is 20.7. The van der Waals surface area contributed by atoms with Gasteiger partial charge in [0.2, 0.25) is 0 Å². The summed E-state index contributed by atoms with van der Waals surface area (Å²) in [6.45, 7) is 2.37. The molecule has 2 nitrogen and oxygen atoms in total. The minimum atomic E-state index is -0.314. The van der Waals surface area contributed by atoms with Gasteiger partial charge >= 0.3 is 0 Å². The molecule has 0 aliphatic heterocycles. The first-order valence-corrected chi connectivity index (χ1v) is 20.7. The number of fused-ring (bicyclic) bond motifs is 8. The molecule has 10 aromatic carbocycles. The quantitative estimate of drug-likeness (QED) is 0.129. The second-order valence-electron chi connectivity index (χ2n) is 16.2. The smallest absolute Gasteiger partial charge is 0.160 e. The molecule has 1 aliphatic rings. The number of nitrogens with zero attached hydrogens (tertiary/aromatic N) is 2. The Morgan fingerprint density at radius 3 is 1.72 bits per heavy atom. The Morgan fingerprint density at radius 1 is 0.333 bits per heavy atom. The molecule has 0 N–H and O–H groups in total. The van der Waals surface area contributed by atoms with Gasteiger partial charge in [0, 0.05) is 22.1 Å². The second-order valence-corrected chi connectivity index (χ2v) is 16.2. The van der Waals surface area contributed by atoms with Gasteiger partial charge in [0.1, 0.15) is 0 Å². The van der Waals surface area contributed by atoms with Gasteiger partial charge in [0.15, 0.2) is 5.82 Å². The number of rotatable bonds is 5. The van der Waals surface area contributed by atoms with E-state index in [0.29, 0.717) is 5.82 Å². The lowest BCUT2D eigenvalue weighted by Gasteiger charge is -2.28. The number of aromatic nitrogens is 2. The lowest BCUT2D eigenvalue weighted by molar-refractivity contribution is 0.714. The van der Waals surface area contributed by atoms with Crippen LogP contribution in [-0.4, -0.2) is 9.97 Å². The van der Waals surface area contributed by atoms with Gasteiger partial charge in [-0.3, -0.25) is 0 Å². The molecule has 1 aliphatic carbocycles. The molecule has 0 bridgehead atoms. The molecule has 60 heavy (non-hydrogen) atoms. The number of benzene rings is 10. The Labute approximate surface area is 349 Å². The third kappa shape index (κ3) is 5.14. The van der Waals surface area contributed by atoms with E-state index in [4.69, 9.17) is 9.97 Å². The van der Waals surface area contributed by atoms with Crippen LogP contribution in [0.15, 0.2) is 212 Å². The van der Waals surface area contributed by atoms with Crippen LogP contribution >= 0.6 is 0 Å². The summed E-state index contributed by atoms with van der Waals surface area (Å²) >= 11 is 0. The van der Waals surface area contributed by atoms with Gasteiger partial charge in [-0.1, -0.05) is 200 Å². The van der Waals surface area contributed by atoms with Crippen molar-refractivity contribution in [1.82, 2.24) is 9.97 Å². The standard InChI is InChI=1S/C58H38N2/c1-58(40-21-6-3-7-22-40)51-29-15-14-27-48(51)56-49(28-16-30-52(56)58)54-36-53(59-57(60-54)38-18-4-2-5-19-38)45-33-34-46(44-26-13-12-25-43(44)45)55-42-24-11-9-20-39(42)35-50-41-23-10-8-17-37(41)31-32-47(50)55/h2-36H,1H3. The molecule has 1 atom stereocenters. The van der Waals surface area contributed by atoms with Gasteiger partial charge in [0.05, 0.1) is 11.4 Å². The van der Waals surface area contributed by atoms with E-state index in [0.717, 1.165) is 33.5 Å². The van der Waals surface area contributed by atoms with E-state index < -0.39 is 0 Å². The maximum atomic E-state index is 5.40. The molecule has 2 heteroatoms. The van der Waals surface area contributed by atoms with Crippen molar-refractivity contribution >= 4 is 43.1 Å². The van der Waals surface area contributed by atoms with Crippen LogP contribution in [0.4, 0.5) is 0 Å². The largest absolute Gasteiger partial charge is 0.228 e. The van der Waals surface area contributed by atoms with Crippen molar-refractivity contribution in [3.8, 4) is 56.2 Å². The highest BCUT2D eigenvalue weighted by atomic mass is 14.9. The van der Waals surface area contributed by atoms with Crippen molar-refractivity contribution in [1.29, 1.82) is 0 Å². The van der Waals surface area contributed by atoms with Gasteiger partial charge < -0.3 is 0 Å². The van der Waals surface area contributed by atoms with Gasteiger partial charge in [-0.15, -0.1) is 0 Å². The zero-order valence-corrected chi connectivity index (χ0v) is 33.1. The van der Waals surface area contributed by atoms with Gasteiger partial charge in [0.25, 0.3) is 0 Å². The monoisotopic (exact) mass is 762 g/mol. The summed E-state index contributed by atoms with van der Waals surface area (Å²) in [6, 6.07) is 77.0. The lowest BCUT2D eigenvalue weighted by atomic mass is 9.74. The molecule has 0 spiro atoms. The van der Waals surface area contributed by atoms with E-state index in [2.05, 4.69) is 213 Å². The van der Waals surface area contributed by atoms with Crippen molar-refractivity contribution < 1.29 is 0 Å². The molecule has 0 saturated heterocycles. The topological polar surface area (TPSA) is 25.8 Å². The zero-order chi connectivity index (χ0) is 39.8. The Hall–Kier alpha value is -7.68. The van der Waals surface area contributed by atoms with Gasteiger partial charge in [-0.05, 0) is 101 Å². The normalized spacial score (nSPS) is 14.5. The van der Waals surface area contributed by atoms with E-state index in [1.807, 2.05) is 6.07 Å². The van der Waals surface area contributed by atoms with E-state index in [-0.39, 0.29) is 5.41 Å². The average Bonchev–Trinajstić information content (AvgIpc) is 3.59. The molecule has 1 aromatic heterocycles. The van der Waals surface area contributed by atoms with Crippen molar-refractivity contribution in [2.45, 2.75) is 12.3 Å². The molecule has 0 fully saturated rings. The van der Waals surface area contributed by atoms with E-state index in [1.54, 1.807) is 0 Å². The van der Waals surface area contributed by atoms with E-state index in [9.17, 15) is 0 Å². The lowest BCUT2D eigenvalue weighted by Crippen LogP contribution is -2.22.